The molecule has 1 unspecified atom stereocenters. The summed E-state index contributed by atoms with van der Waals surface area (Å²) in [6.45, 7) is 6.45. The van der Waals surface area contributed by atoms with Gasteiger partial charge in [-0.15, -0.1) is 0 Å². The number of benzene rings is 2. The first kappa shape index (κ1) is 16.2. The van der Waals surface area contributed by atoms with E-state index in [0.29, 0.717) is 5.69 Å². The number of hydrogen-bond acceptors (Lipinski definition) is 2. The van der Waals surface area contributed by atoms with Crippen molar-refractivity contribution in [2.45, 2.75) is 38.6 Å². The molecule has 0 aliphatic carbocycles. The highest BCUT2D eigenvalue weighted by atomic mass is 16.2. The van der Waals surface area contributed by atoms with E-state index >= 15 is 0 Å². The van der Waals surface area contributed by atoms with Crippen molar-refractivity contribution in [3.8, 4) is 0 Å². The molecule has 4 heteroatoms. The summed E-state index contributed by atoms with van der Waals surface area (Å²) < 4.78 is 0. The molecule has 3 rings (SSSR count). The third-order valence-corrected chi connectivity index (χ3v) is 4.43. The van der Waals surface area contributed by atoms with Gasteiger partial charge in [-0.1, -0.05) is 62.4 Å². The van der Waals surface area contributed by atoms with Gasteiger partial charge in [0.2, 0.25) is 0 Å². The van der Waals surface area contributed by atoms with Gasteiger partial charge in [-0.3, -0.25) is 9.89 Å². The molecule has 1 aromatic heterocycles. The molecule has 4 nitrogen and oxygen atoms in total. The molecule has 3 aromatic rings. The quantitative estimate of drug-likeness (QED) is 0.745. The molecule has 0 saturated heterocycles. The van der Waals surface area contributed by atoms with Crippen molar-refractivity contribution < 1.29 is 4.79 Å². The Bertz CT molecular complexity index is 836. The number of H-pyrrole nitrogens is 1. The number of nitrogens with zero attached hydrogens (tertiary/aromatic N) is 1. The Balaban J connectivity index is 1.70. The number of aromatic amines is 1. The number of nitrogens with one attached hydrogen (secondary N) is 2. The van der Waals surface area contributed by atoms with Crippen LogP contribution in [0.1, 0.15) is 43.2 Å². The fraction of sp³-hybridized carbons (Fsp3) is 0.300. The lowest BCUT2D eigenvalue weighted by atomic mass is 9.79. The lowest BCUT2D eigenvalue weighted by Gasteiger charge is -2.29. The van der Waals surface area contributed by atoms with Crippen molar-refractivity contribution in [1.82, 2.24) is 15.5 Å². The molecule has 0 aliphatic rings. The van der Waals surface area contributed by atoms with Crippen LogP contribution in [0.5, 0.6) is 0 Å². The number of fused-ring (bicyclic) bond motifs is 1. The van der Waals surface area contributed by atoms with Crippen molar-refractivity contribution in [1.29, 1.82) is 0 Å². The van der Waals surface area contributed by atoms with Crippen molar-refractivity contribution in [3.63, 3.8) is 0 Å². The molecule has 1 atom stereocenters. The summed E-state index contributed by atoms with van der Waals surface area (Å²) in [5.41, 5.74) is 2.59. The van der Waals surface area contributed by atoms with Gasteiger partial charge >= 0.3 is 0 Å². The smallest absolute Gasteiger partial charge is 0.272 e. The SMILES string of the molecule is CC(CC(C)(C)c1ccccc1)NC(=O)c1n[nH]c2ccccc12. The molecule has 1 heterocycles. The number of para-hydroxylation sites is 1. The Morgan fingerprint density at radius 3 is 2.54 bits per heavy atom. The maximum atomic E-state index is 12.6. The Labute approximate surface area is 142 Å². The molecular formula is C20H23N3O. The molecule has 0 bridgehead atoms. The van der Waals surface area contributed by atoms with Crippen molar-refractivity contribution in [2.24, 2.45) is 0 Å². The van der Waals surface area contributed by atoms with E-state index in [4.69, 9.17) is 0 Å². The first-order chi connectivity index (χ1) is 11.5. The van der Waals surface area contributed by atoms with Crippen LogP contribution in [0.3, 0.4) is 0 Å². The average molecular weight is 321 g/mol. The van der Waals surface area contributed by atoms with Gasteiger partial charge in [0.15, 0.2) is 5.69 Å². The zero-order valence-electron chi connectivity index (χ0n) is 14.3. The number of hydrogen-bond donors (Lipinski definition) is 2. The van der Waals surface area contributed by atoms with Gasteiger partial charge in [-0.25, -0.2) is 0 Å². The molecule has 24 heavy (non-hydrogen) atoms. The summed E-state index contributed by atoms with van der Waals surface area (Å²) in [5, 5.41) is 11.0. The maximum absolute atomic E-state index is 12.6. The van der Waals surface area contributed by atoms with E-state index in [1.165, 1.54) is 5.56 Å². The van der Waals surface area contributed by atoms with Crippen LogP contribution >= 0.6 is 0 Å². The first-order valence-corrected chi connectivity index (χ1v) is 8.27. The highest BCUT2D eigenvalue weighted by Gasteiger charge is 2.25. The predicted octanol–water partition coefficient (Wildman–Crippen LogP) is 4.05. The van der Waals surface area contributed by atoms with E-state index in [2.05, 4.69) is 53.6 Å². The second-order valence-corrected chi connectivity index (χ2v) is 6.95. The molecule has 0 saturated carbocycles. The van der Waals surface area contributed by atoms with E-state index in [0.717, 1.165) is 17.3 Å². The minimum Gasteiger partial charge on any atom is -0.348 e. The molecule has 2 aromatic carbocycles. The van der Waals surface area contributed by atoms with E-state index in [1.807, 2.05) is 37.3 Å². The fourth-order valence-electron chi connectivity index (χ4n) is 3.25. The van der Waals surface area contributed by atoms with E-state index in [1.54, 1.807) is 0 Å². The van der Waals surface area contributed by atoms with Crippen LogP contribution in [0.25, 0.3) is 10.9 Å². The molecule has 2 N–H and O–H groups in total. The normalized spacial score (nSPS) is 13.0. The van der Waals surface area contributed by atoms with Crippen molar-refractivity contribution in [3.05, 3.63) is 65.9 Å². The van der Waals surface area contributed by atoms with Crippen LogP contribution < -0.4 is 5.32 Å². The minimum absolute atomic E-state index is 0.0123. The Kier molecular flexibility index (Phi) is 4.38. The zero-order valence-corrected chi connectivity index (χ0v) is 14.3. The Morgan fingerprint density at radius 1 is 1.12 bits per heavy atom. The topological polar surface area (TPSA) is 57.8 Å². The highest BCUT2D eigenvalue weighted by Crippen LogP contribution is 2.28. The van der Waals surface area contributed by atoms with Crippen LogP contribution in [-0.2, 0) is 5.41 Å². The summed E-state index contributed by atoms with van der Waals surface area (Å²) in [4.78, 5) is 12.6. The van der Waals surface area contributed by atoms with Crippen LogP contribution in [0.4, 0.5) is 0 Å². The highest BCUT2D eigenvalue weighted by molar-refractivity contribution is 6.04. The zero-order chi connectivity index (χ0) is 17.2. The first-order valence-electron chi connectivity index (χ1n) is 8.27. The number of rotatable bonds is 5. The molecule has 0 spiro atoms. The second-order valence-electron chi connectivity index (χ2n) is 6.95. The van der Waals surface area contributed by atoms with Gasteiger partial charge in [-0.05, 0) is 30.4 Å². The monoisotopic (exact) mass is 321 g/mol. The Morgan fingerprint density at radius 2 is 1.79 bits per heavy atom. The van der Waals surface area contributed by atoms with Crippen molar-refractivity contribution in [2.75, 3.05) is 0 Å². The maximum Gasteiger partial charge on any atom is 0.272 e. The fourth-order valence-corrected chi connectivity index (χ4v) is 3.25. The van der Waals surface area contributed by atoms with E-state index in [9.17, 15) is 4.79 Å². The molecule has 124 valence electrons. The lowest BCUT2D eigenvalue weighted by molar-refractivity contribution is 0.0931. The van der Waals surface area contributed by atoms with Gasteiger partial charge in [0, 0.05) is 11.4 Å². The van der Waals surface area contributed by atoms with Gasteiger partial charge in [0.25, 0.3) is 5.91 Å². The summed E-state index contributed by atoms with van der Waals surface area (Å²) >= 11 is 0. The summed E-state index contributed by atoms with van der Waals surface area (Å²) in [5.74, 6) is -0.135. The van der Waals surface area contributed by atoms with Gasteiger partial charge in [0.1, 0.15) is 0 Å². The van der Waals surface area contributed by atoms with E-state index < -0.39 is 0 Å². The molecular weight excluding hydrogens is 298 g/mol. The molecule has 0 radical (unpaired) electrons. The Hall–Kier alpha value is -2.62. The second kappa shape index (κ2) is 6.48. The number of amides is 1. The van der Waals surface area contributed by atoms with Gasteiger partial charge in [0.05, 0.1) is 5.52 Å². The molecule has 0 aliphatic heterocycles. The number of carbonyl (C=O) groups excluding carboxylic acids is 1. The summed E-state index contributed by atoms with van der Waals surface area (Å²) in [6, 6.07) is 18.1. The number of carbonyl (C=O) groups is 1. The molecule has 1 amide bonds. The molecule has 0 fully saturated rings. The van der Waals surface area contributed by atoms with Crippen LogP contribution in [-0.4, -0.2) is 22.1 Å². The third kappa shape index (κ3) is 3.32. The van der Waals surface area contributed by atoms with E-state index in [-0.39, 0.29) is 17.4 Å². The van der Waals surface area contributed by atoms with Crippen LogP contribution in [0, 0.1) is 0 Å². The predicted molar refractivity (Wildman–Crippen MR) is 97.1 cm³/mol. The largest absolute Gasteiger partial charge is 0.348 e. The number of aromatic nitrogens is 2. The van der Waals surface area contributed by atoms with Crippen LogP contribution in [0.2, 0.25) is 0 Å². The van der Waals surface area contributed by atoms with Crippen LogP contribution in [0.15, 0.2) is 54.6 Å². The van der Waals surface area contributed by atoms with Gasteiger partial charge in [-0.2, -0.15) is 5.10 Å². The summed E-state index contributed by atoms with van der Waals surface area (Å²) in [6.07, 6.45) is 0.852. The standard InChI is InChI=1S/C20H23N3O/c1-14(13-20(2,3)15-9-5-4-6-10-15)21-19(24)18-16-11-7-8-12-17(16)22-23-18/h4-12,14H,13H2,1-3H3,(H,21,24)(H,22,23). The third-order valence-electron chi connectivity index (χ3n) is 4.43. The summed E-state index contributed by atoms with van der Waals surface area (Å²) in [7, 11) is 0. The van der Waals surface area contributed by atoms with Gasteiger partial charge < -0.3 is 5.32 Å². The average Bonchev–Trinajstić information content (AvgIpc) is 2.99. The lowest BCUT2D eigenvalue weighted by Crippen LogP contribution is -2.37. The minimum atomic E-state index is -0.135. The van der Waals surface area contributed by atoms with Crippen molar-refractivity contribution >= 4 is 16.8 Å².